The van der Waals surface area contributed by atoms with Gasteiger partial charge in [-0.2, -0.15) is 0 Å². The summed E-state index contributed by atoms with van der Waals surface area (Å²) < 4.78 is 9.93. The number of cyclic esters (lactones) is 2. The fraction of sp³-hybridized carbons (Fsp3) is 0.308. The average molecular weight is 262 g/mol. The second-order valence-corrected chi connectivity index (χ2v) is 4.55. The number of aryl methyl sites for hydroxylation is 1. The highest BCUT2D eigenvalue weighted by atomic mass is 16.7. The fourth-order valence-electron chi connectivity index (χ4n) is 1.56. The largest absolute Gasteiger partial charge is 0.419 e. The van der Waals surface area contributed by atoms with Crippen LogP contribution in [0.4, 0.5) is 5.82 Å². The van der Waals surface area contributed by atoms with Crippen LogP contribution < -0.4 is 5.32 Å². The van der Waals surface area contributed by atoms with Gasteiger partial charge in [0.05, 0.1) is 0 Å². The van der Waals surface area contributed by atoms with Crippen molar-refractivity contribution in [3.63, 3.8) is 0 Å². The smallest absolute Gasteiger partial charge is 0.350 e. The van der Waals surface area contributed by atoms with E-state index in [1.54, 1.807) is 12.3 Å². The average Bonchev–Trinajstić information content (AvgIpc) is 2.28. The van der Waals surface area contributed by atoms with Crippen LogP contribution in [0.5, 0.6) is 0 Å². The number of anilines is 1. The van der Waals surface area contributed by atoms with Crippen LogP contribution in [0.15, 0.2) is 30.1 Å². The lowest BCUT2D eigenvalue weighted by atomic mass is 10.2. The summed E-state index contributed by atoms with van der Waals surface area (Å²) in [5.74, 6) is -2.11. The molecule has 0 atom stereocenters. The van der Waals surface area contributed by atoms with Crippen LogP contribution in [0.2, 0.25) is 0 Å². The SMILES string of the molecule is Cc1cccnc1NC=C1C(=O)OC(C)(C)OC1=O. The minimum atomic E-state index is -1.23. The summed E-state index contributed by atoms with van der Waals surface area (Å²) in [6, 6.07) is 3.65. The predicted molar refractivity (Wildman–Crippen MR) is 66.9 cm³/mol. The molecule has 19 heavy (non-hydrogen) atoms. The molecular weight excluding hydrogens is 248 g/mol. The van der Waals surface area contributed by atoms with E-state index in [4.69, 9.17) is 9.47 Å². The maximum Gasteiger partial charge on any atom is 0.350 e. The molecule has 2 heterocycles. The topological polar surface area (TPSA) is 77.5 Å². The van der Waals surface area contributed by atoms with Gasteiger partial charge in [0.1, 0.15) is 5.82 Å². The molecule has 100 valence electrons. The fourth-order valence-corrected chi connectivity index (χ4v) is 1.56. The molecule has 0 saturated carbocycles. The minimum Gasteiger partial charge on any atom is -0.419 e. The number of rotatable bonds is 2. The third-order valence-electron chi connectivity index (χ3n) is 2.48. The molecule has 1 aromatic heterocycles. The van der Waals surface area contributed by atoms with Gasteiger partial charge in [0.15, 0.2) is 5.57 Å². The monoisotopic (exact) mass is 262 g/mol. The first-order valence-electron chi connectivity index (χ1n) is 5.74. The molecule has 1 aliphatic heterocycles. The number of nitrogens with zero attached hydrogens (tertiary/aromatic N) is 1. The Balaban J connectivity index is 2.18. The molecule has 0 bridgehead atoms. The van der Waals surface area contributed by atoms with Crippen molar-refractivity contribution in [1.29, 1.82) is 0 Å². The van der Waals surface area contributed by atoms with E-state index in [2.05, 4.69) is 10.3 Å². The van der Waals surface area contributed by atoms with Gasteiger partial charge in [0.2, 0.25) is 0 Å². The Labute approximate surface area is 110 Å². The summed E-state index contributed by atoms with van der Waals surface area (Å²) in [5.41, 5.74) is 0.696. The van der Waals surface area contributed by atoms with Gasteiger partial charge in [-0.25, -0.2) is 14.6 Å². The number of carbonyl (C=O) groups excluding carboxylic acids is 2. The summed E-state index contributed by atoms with van der Waals surface area (Å²) in [6.45, 7) is 4.85. The molecule has 0 aliphatic carbocycles. The number of esters is 2. The number of hydrogen-bond acceptors (Lipinski definition) is 6. The van der Waals surface area contributed by atoms with Crippen molar-refractivity contribution in [2.45, 2.75) is 26.6 Å². The van der Waals surface area contributed by atoms with Crippen molar-refractivity contribution in [1.82, 2.24) is 4.98 Å². The van der Waals surface area contributed by atoms with Crippen LogP contribution in [-0.2, 0) is 19.1 Å². The first kappa shape index (κ1) is 13.1. The van der Waals surface area contributed by atoms with E-state index in [0.717, 1.165) is 5.56 Å². The highest BCUT2D eigenvalue weighted by Crippen LogP contribution is 2.22. The molecule has 1 aromatic rings. The van der Waals surface area contributed by atoms with E-state index < -0.39 is 17.7 Å². The molecule has 1 fully saturated rings. The Morgan fingerprint density at radius 3 is 2.47 bits per heavy atom. The van der Waals surface area contributed by atoms with Crippen LogP contribution in [0.1, 0.15) is 19.4 Å². The highest BCUT2D eigenvalue weighted by molar-refractivity contribution is 6.15. The summed E-state index contributed by atoms with van der Waals surface area (Å²) in [4.78, 5) is 27.4. The Morgan fingerprint density at radius 1 is 1.26 bits per heavy atom. The molecule has 2 rings (SSSR count). The summed E-state index contributed by atoms with van der Waals surface area (Å²) >= 11 is 0. The Kier molecular flexibility index (Phi) is 3.25. The van der Waals surface area contributed by atoms with Crippen molar-refractivity contribution >= 4 is 17.8 Å². The van der Waals surface area contributed by atoms with Crippen molar-refractivity contribution in [2.75, 3.05) is 5.32 Å². The van der Waals surface area contributed by atoms with E-state index >= 15 is 0 Å². The number of pyridine rings is 1. The summed E-state index contributed by atoms with van der Waals surface area (Å²) in [6.07, 6.45) is 2.85. The van der Waals surface area contributed by atoms with Gasteiger partial charge in [0, 0.05) is 26.2 Å². The molecule has 0 amide bonds. The number of hydrogen-bond donors (Lipinski definition) is 1. The van der Waals surface area contributed by atoms with Gasteiger partial charge in [-0.05, 0) is 18.6 Å². The maximum absolute atomic E-state index is 11.7. The maximum atomic E-state index is 11.7. The highest BCUT2D eigenvalue weighted by Gasteiger charge is 2.38. The zero-order valence-corrected chi connectivity index (χ0v) is 10.9. The number of aromatic nitrogens is 1. The molecule has 6 nitrogen and oxygen atoms in total. The van der Waals surface area contributed by atoms with Crippen molar-refractivity contribution in [3.05, 3.63) is 35.7 Å². The van der Waals surface area contributed by atoms with Crippen LogP contribution in [-0.4, -0.2) is 22.7 Å². The molecule has 1 N–H and O–H groups in total. The molecule has 0 spiro atoms. The lowest BCUT2D eigenvalue weighted by molar-refractivity contribution is -0.222. The van der Waals surface area contributed by atoms with Crippen LogP contribution in [0, 0.1) is 6.92 Å². The number of nitrogens with one attached hydrogen (secondary N) is 1. The number of carbonyl (C=O) groups is 2. The van der Waals surface area contributed by atoms with Gasteiger partial charge in [-0.1, -0.05) is 6.07 Å². The predicted octanol–water partition coefficient (Wildman–Crippen LogP) is 1.52. The van der Waals surface area contributed by atoms with Gasteiger partial charge >= 0.3 is 11.9 Å². The molecule has 1 aliphatic rings. The van der Waals surface area contributed by atoms with Gasteiger partial charge < -0.3 is 14.8 Å². The number of ether oxygens (including phenoxy) is 2. The second kappa shape index (κ2) is 4.72. The molecule has 6 heteroatoms. The lowest BCUT2D eigenvalue weighted by Gasteiger charge is -2.29. The van der Waals surface area contributed by atoms with Crippen molar-refractivity contribution in [3.8, 4) is 0 Å². The molecule has 0 unspecified atom stereocenters. The molecular formula is C13H14N2O4. The minimum absolute atomic E-state index is 0.190. The van der Waals surface area contributed by atoms with E-state index in [0.29, 0.717) is 5.82 Å². The van der Waals surface area contributed by atoms with Gasteiger partial charge in [-0.3, -0.25) is 0 Å². The Morgan fingerprint density at radius 2 is 1.89 bits per heavy atom. The van der Waals surface area contributed by atoms with Crippen LogP contribution in [0.25, 0.3) is 0 Å². The summed E-state index contributed by atoms with van der Waals surface area (Å²) in [7, 11) is 0. The van der Waals surface area contributed by atoms with E-state index in [1.807, 2.05) is 13.0 Å². The van der Waals surface area contributed by atoms with Crippen molar-refractivity contribution in [2.24, 2.45) is 0 Å². The molecule has 1 saturated heterocycles. The first-order chi connectivity index (χ1) is 8.89. The van der Waals surface area contributed by atoms with Gasteiger partial charge in [0.25, 0.3) is 5.79 Å². The third-order valence-corrected chi connectivity index (χ3v) is 2.48. The second-order valence-electron chi connectivity index (χ2n) is 4.55. The first-order valence-corrected chi connectivity index (χ1v) is 5.74. The zero-order chi connectivity index (χ0) is 14.0. The van der Waals surface area contributed by atoms with E-state index in [-0.39, 0.29) is 5.57 Å². The standard InChI is InChI=1S/C13H14N2O4/c1-8-5-4-6-14-10(8)15-7-9-11(16)18-13(2,3)19-12(9)17/h4-7H,1-3H3,(H,14,15). The molecule has 0 aromatic carbocycles. The van der Waals surface area contributed by atoms with E-state index in [1.165, 1.54) is 20.0 Å². The Hall–Kier alpha value is -2.37. The Bertz CT molecular complexity index is 542. The van der Waals surface area contributed by atoms with Crippen molar-refractivity contribution < 1.29 is 19.1 Å². The quantitative estimate of drug-likeness (QED) is 0.494. The molecule has 0 radical (unpaired) electrons. The zero-order valence-electron chi connectivity index (χ0n) is 10.9. The lowest BCUT2D eigenvalue weighted by Crippen LogP contribution is -2.42. The van der Waals surface area contributed by atoms with E-state index in [9.17, 15) is 9.59 Å². The normalized spacial score (nSPS) is 17.5. The van der Waals surface area contributed by atoms with Crippen LogP contribution >= 0.6 is 0 Å². The summed E-state index contributed by atoms with van der Waals surface area (Å²) in [5, 5.41) is 2.80. The van der Waals surface area contributed by atoms with Crippen LogP contribution in [0.3, 0.4) is 0 Å². The van der Waals surface area contributed by atoms with Gasteiger partial charge in [-0.15, -0.1) is 0 Å². The third kappa shape index (κ3) is 2.90.